The average Bonchev–Trinajstić information content (AvgIpc) is 3.38. The molecule has 7 heteroatoms. The van der Waals surface area contributed by atoms with E-state index in [9.17, 15) is 4.79 Å². The van der Waals surface area contributed by atoms with Crippen LogP contribution in [0.5, 0.6) is 0 Å². The molecule has 0 saturated carbocycles. The van der Waals surface area contributed by atoms with Crippen LogP contribution in [0.2, 0.25) is 0 Å². The number of benzene rings is 2. The van der Waals surface area contributed by atoms with Crippen LogP contribution in [0.15, 0.2) is 76.4 Å². The molecule has 0 fully saturated rings. The van der Waals surface area contributed by atoms with E-state index in [-0.39, 0.29) is 12.1 Å². The summed E-state index contributed by atoms with van der Waals surface area (Å²) < 4.78 is 8.65. The Labute approximate surface area is 172 Å². The third kappa shape index (κ3) is 3.20. The largest absolute Gasteiger partial charge is 0.356 e. The second kappa shape index (κ2) is 7.11. The highest BCUT2D eigenvalue weighted by atomic mass is 16.5. The molecular weight excluding hydrogens is 378 g/mol. The monoisotopic (exact) mass is 397 g/mol. The summed E-state index contributed by atoms with van der Waals surface area (Å²) in [5.74, 6) is 0.662. The molecule has 0 radical (unpaired) electrons. The van der Waals surface area contributed by atoms with E-state index in [0.717, 1.165) is 22.4 Å². The fourth-order valence-electron chi connectivity index (χ4n) is 3.62. The van der Waals surface area contributed by atoms with E-state index in [1.165, 1.54) is 10.9 Å². The Morgan fingerprint density at radius 1 is 1.00 bits per heavy atom. The lowest BCUT2D eigenvalue weighted by Crippen LogP contribution is -2.21. The van der Waals surface area contributed by atoms with Gasteiger partial charge in [-0.05, 0) is 37.1 Å². The predicted octanol–water partition coefficient (Wildman–Crippen LogP) is 3.90. The van der Waals surface area contributed by atoms with Crippen molar-refractivity contribution in [1.82, 2.24) is 24.5 Å². The minimum atomic E-state index is -0.167. The van der Waals surface area contributed by atoms with Crippen molar-refractivity contribution < 1.29 is 4.52 Å². The molecule has 0 aliphatic heterocycles. The summed E-state index contributed by atoms with van der Waals surface area (Å²) >= 11 is 0. The van der Waals surface area contributed by atoms with Crippen molar-refractivity contribution in [3.63, 3.8) is 0 Å². The Morgan fingerprint density at radius 3 is 2.53 bits per heavy atom. The molecule has 148 valence electrons. The average molecular weight is 397 g/mol. The van der Waals surface area contributed by atoms with Gasteiger partial charge in [-0.3, -0.25) is 9.36 Å². The van der Waals surface area contributed by atoms with E-state index >= 15 is 0 Å². The van der Waals surface area contributed by atoms with Gasteiger partial charge in [-0.25, -0.2) is 9.67 Å². The summed E-state index contributed by atoms with van der Waals surface area (Å²) in [5.41, 5.74) is 5.10. The molecule has 0 amide bonds. The minimum absolute atomic E-state index is 0.167. The van der Waals surface area contributed by atoms with Crippen molar-refractivity contribution in [2.75, 3.05) is 0 Å². The van der Waals surface area contributed by atoms with E-state index < -0.39 is 0 Å². The first-order valence-corrected chi connectivity index (χ1v) is 9.61. The van der Waals surface area contributed by atoms with E-state index in [0.29, 0.717) is 22.5 Å². The zero-order valence-corrected chi connectivity index (χ0v) is 16.6. The first-order chi connectivity index (χ1) is 14.6. The lowest BCUT2D eigenvalue weighted by Gasteiger charge is -2.07. The van der Waals surface area contributed by atoms with E-state index in [1.54, 1.807) is 10.9 Å². The van der Waals surface area contributed by atoms with Crippen molar-refractivity contribution in [1.29, 1.82) is 0 Å². The molecule has 5 aromatic rings. The second-order valence-electron chi connectivity index (χ2n) is 7.37. The Balaban J connectivity index is 1.49. The Morgan fingerprint density at radius 2 is 1.77 bits per heavy atom. The Kier molecular flexibility index (Phi) is 4.28. The van der Waals surface area contributed by atoms with Crippen LogP contribution in [0.1, 0.15) is 16.8 Å². The molecule has 0 saturated heterocycles. The highest BCUT2D eigenvalue weighted by Gasteiger charge is 2.14. The number of fused-ring (bicyclic) bond motifs is 1. The Bertz CT molecular complexity index is 1390. The van der Waals surface area contributed by atoms with Gasteiger partial charge in [0.1, 0.15) is 17.4 Å². The molecule has 5 rings (SSSR count). The van der Waals surface area contributed by atoms with Crippen molar-refractivity contribution >= 4 is 11.0 Å². The van der Waals surface area contributed by atoms with Gasteiger partial charge in [-0.15, -0.1) is 0 Å². The van der Waals surface area contributed by atoms with Gasteiger partial charge in [-0.1, -0.05) is 41.6 Å². The lowest BCUT2D eigenvalue weighted by molar-refractivity contribution is 0.420. The molecule has 30 heavy (non-hydrogen) atoms. The molecule has 0 unspecified atom stereocenters. The molecule has 3 heterocycles. The molecule has 0 N–H and O–H groups in total. The zero-order chi connectivity index (χ0) is 20.7. The molecule has 0 aliphatic rings. The normalized spacial score (nSPS) is 11.3. The summed E-state index contributed by atoms with van der Waals surface area (Å²) in [4.78, 5) is 17.5. The van der Waals surface area contributed by atoms with Crippen LogP contribution in [-0.2, 0) is 6.54 Å². The predicted molar refractivity (Wildman–Crippen MR) is 114 cm³/mol. The first kappa shape index (κ1) is 18.1. The summed E-state index contributed by atoms with van der Waals surface area (Å²) in [6.07, 6.45) is 3.10. The number of nitrogens with zero attached hydrogens (tertiary/aromatic N) is 5. The number of aryl methyl sites for hydroxylation is 2. The third-order valence-electron chi connectivity index (χ3n) is 4.96. The fourth-order valence-corrected chi connectivity index (χ4v) is 3.62. The molecule has 2 aromatic carbocycles. The number of hydrogen-bond acceptors (Lipinski definition) is 5. The maximum absolute atomic E-state index is 13.0. The van der Waals surface area contributed by atoms with Gasteiger partial charge in [0.15, 0.2) is 11.4 Å². The van der Waals surface area contributed by atoms with Crippen LogP contribution in [0.3, 0.4) is 0 Å². The second-order valence-corrected chi connectivity index (χ2v) is 7.37. The fraction of sp³-hybridized carbons (Fsp3) is 0.130. The molecule has 3 aromatic heterocycles. The van der Waals surface area contributed by atoms with Crippen LogP contribution in [-0.4, -0.2) is 24.5 Å². The highest BCUT2D eigenvalue weighted by molar-refractivity contribution is 5.75. The van der Waals surface area contributed by atoms with Crippen LogP contribution < -0.4 is 5.56 Å². The molecule has 7 nitrogen and oxygen atoms in total. The smallest absolute Gasteiger partial charge is 0.264 e. The van der Waals surface area contributed by atoms with Gasteiger partial charge in [-0.2, -0.15) is 5.10 Å². The molecule has 0 aliphatic carbocycles. The third-order valence-corrected chi connectivity index (χ3v) is 4.96. The quantitative estimate of drug-likeness (QED) is 0.460. The molecule has 0 bridgehead atoms. The maximum Gasteiger partial charge on any atom is 0.264 e. The lowest BCUT2D eigenvalue weighted by atomic mass is 10.1. The molecule has 0 spiro atoms. The van der Waals surface area contributed by atoms with Gasteiger partial charge in [0.25, 0.3) is 5.56 Å². The molecular formula is C23H19N5O2. The SMILES string of the molecule is Cc1cc(C)cc(-n2ncc3c(=O)n(Cc4cc(-c5ccccc5)on4)cnc32)c1. The van der Waals surface area contributed by atoms with Crippen LogP contribution in [0.4, 0.5) is 0 Å². The number of aromatic nitrogens is 5. The van der Waals surface area contributed by atoms with Gasteiger partial charge in [0, 0.05) is 11.6 Å². The van der Waals surface area contributed by atoms with Gasteiger partial charge >= 0.3 is 0 Å². The van der Waals surface area contributed by atoms with E-state index in [1.807, 2.05) is 62.4 Å². The summed E-state index contributed by atoms with van der Waals surface area (Å²) in [6, 6.07) is 17.7. The van der Waals surface area contributed by atoms with E-state index in [2.05, 4.69) is 21.3 Å². The minimum Gasteiger partial charge on any atom is -0.356 e. The standard InChI is InChI=1S/C23H19N5O2/c1-15-8-16(2)10-19(9-15)28-22-20(12-25-28)23(29)27(14-24-22)13-18-11-21(30-26-18)17-6-4-3-5-7-17/h3-12,14H,13H2,1-2H3. The number of rotatable bonds is 4. The van der Waals surface area contributed by atoms with Gasteiger partial charge in [0.2, 0.25) is 0 Å². The maximum atomic E-state index is 13.0. The van der Waals surface area contributed by atoms with Crippen molar-refractivity contribution in [2.24, 2.45) is 0 Å². The highest BCUT2D eigenvalue weighted by Crippen LogP contribution is 2.20. The zero-order valence-electron chi connectivity index (χ0n) is 16.6. The van der Waals surface area contributed by atoms with Crippen molar-refractivity contribution in [2.45, 2.75) is 20.4 Å². The Hall–Kier alpha value is -4.00. The van der Waals surface area contributed by atoms with Gasteiger partial charge < -0.3 is 4.52 Å². The van der Waals surface area contributed by atoms with Crippen molar-refractivity contribution in [3.05, 3.63) is 94.3 Å². The van der Waals surface area contributed by atoms with Crippen LogP contribution >= 0.6 is 0 Å². The summed E-state index contributed by atoms with van der Waals surface area (Å²) in [5, 5.41) is 8.97. The van der Waals surface area contributed by atoms with Crippen LogP contribution in [0.25, 0.3) is 28.0 Å². The van der Waals surface area contributed by atoms with Crippen LogP contribution in [0, 0.1) is 13.8 Å². The topological polar surface area (TPSA) is 78.7 Å². The summed E-state index contributed by atoms with van der Waals surface area (Å²) in [7, 11) is 0. The van der Waals surface area contributed by atoms with Gasteiger partial charge in [0.05, 0.1) is 18.4 Å². The molecule has 0 atom stereocenters. The first-order valence-electron chi connectivity index (χ1n) is 9.61. The van der Waals surface area contributed by atoms with E-state index in [4.69, 9.17) is 4.52 Å². The van der Waals surface area contributed by atoms with Crippen molar-refractivity contribution in [3.8, 4) is 17.0 Å². The summed E-state index contributed by atoms with van der Waals surface area (Å²) in [6.45, 7) is 4.33. The number of hydrogen-bond donors (Lipinski definition) is 0.